The first kappa shape index (κ1) is 16.5. The van der Waals surface area contributed by atoms with Gasteiger partial charge in [0.1, 0.15) is 0 Å². The average Bonchev–Trinajstić information content (AvgIpc) is 2.64. The molecule has 0 spiro atoms. The summed E-state index contributed by atoms with van der Waals surface area (Å²) in [4.78, 5) is 2.45. The Hall–Kier alpha value is -0.860. The van der Waals surface area contributed by atoms with Gasteiger partial charge in [-0.15, -0.1) is 0 Å². The van der Waals surface area contributed by atoms with Crippen LogP contribution in [0.25, 0.3) is 0 Å². The molecule has 2 unspecified atom stereocenters. The van der Waals surface area contributed by atoms with Crippen molar-refractivity contribution in [2.24, 2.45) is 11.3 Å². The second-order valence-corrected chi connectivity index (χ2v) is 7.67. The van der Waals surface area contributed by atoms with E-state index in [0.717, 1.165) is 31.1 Å². The molecule has 1 heterocycles. The number of likely N-dealkylation sites (tertiary alicyclic amines) is 1. The lowest BCUT2D eigenvalue weighted by atomic mass is 9.77. The molecule has 0 aliphatic carbocycles. The largest absolute Gasteiger partial charge is 0.387 e. The zero-order chi connectivity index (χ0) is 15.5. The number of β-amino-alcohol motifs (C(OH)–C–C–N with tert-alkyl or cyclic N) is 1. The molecule has 1 aromatic carbocycles. The number of aliphatic hydroxyl groups excluding tert-OH is 1. The van der Waals surface area contributed by atoms with E-state index < -0.39 is 0 Å². The molecule has 1 aliphatic heterocycles. The van der Waals surface area contributed by atoms with Gasteiger partial charge in [-0.3, -0.25) is 0 Å². The number of benzene rings is 1. The maximum Gasteiger partial charge on any atom is 0.0919 e. The molecular weight excluding hydrogens is 258 g/mol. The molecule has 0 aromatic heterocycles. The van der Waals surface area contributed by atoms with Crippen LogP contribution in [0.15, 0.2) is 24.3 Å². The van der Waals surface area contributed by atoms with Crippen LogP contribution in [-0.4, -0.2) is 29.6 Å². The Kier molecular flexibility index (Phi) is 5.45. The van der Waals surface area contributed by atoms with Crippen molar-refractivity contribution in [1.29, 1.82) is 0 Å². The van der Waals surface area contributed by atoms with Crippen LogP contribution in [0.2, 0.25) is 0 Å². The van der Waals surface area contributed by atoms with Gasteiger partial charge in [0.15, 0.2) is 0 Å². The van der Waals surface area contributed by atoms with Crippen molar-refractivity contribution < 1.29 is 5.11 Å². The molecule has 118 valence electrons. The summed E-state index contributed by atoms with van der Waals surface area (Å²) >= 11 is 0. The molecule has 2 heteroatoms. The van der Waals surface area contributed by atoms with E-state index >= 15 is 0 Å². The first-order valence-corrected chi connectivity index (χ1v) is 8.34. The van der Waals surface area contributed by atoms with Gasteiger partial charge >= 0.3 is 0 Å². The molecule has 0 saturated carbocycles. The fraction of sp³-hybridized carbons (Fsp3) is 0.684. The highest BCUT2D eigenvalue weighted by Crippen LogP contribution is 2.34. The summed E-state index contributed by atoms with van der Waals surface area (Å²) in [5.74, 6) is 0.804. The van der Waals surface area contributed by atoms with E-state index in [-0.39, 0.29) is 6.10 Å². The molecular formula is C19H31NO. The molecule has 21 heavy (non-hydrogen) atoms. The Morgan fingerprint density at radius 1 is 1.19 bits per heavy atom. The van der Waals surface area contributed by atoms with Crippen molar-refractivity contribution in [3.8, 4) is 0 Å². The number of aryl methyl sites for hydroxylation is 1. The zero-order valence-electron chi connectivity index (χ0n) is 14.1. The van der Waals surface area contributed by atoms with Crippen molar-refractivity contribution in [1.82, 2.24) is 4.90 Å². The van der Waals surface area contributed by atoms with E-state index in [9.17, 15) is 5.11 Å². The highest BCUT2D eigenvalue weighted by molar-refractivity contribution is 5.27. The van der Waals surface area contributed by atoms with Gasteiger partial charge in [0.05, 0.1) is 6.10 Å². The minimum Gasteiger partial charge on any atom is -0.387 e. The van der Waals surface area contributed by atoms with E-state index in [1.807, 2.05) is 12.1 Å². The van der Waals surface area contributed by atoms with Gasteiger partial charge in [0.2, 0.25) is 0 Å². The second kappa shape index (κ2) is 6.93. The number of rotatable bonds is 3. The fourth-order valence-electron chi connectivity index (χ4n) is 3.51. The van der Waals surface area contributed by atoms with Crippen LogP contribution in [0.3, 0.4) is 0 Å². The maximum absolute atomic E-state index is 10.5. The summed E-state index contributed by atoms with van der Waals surface area (Å²) in [7, 11) is 0. The van der Waals surface area contributed by atoms with Gasteiger partial charge in [-0.05, 0) is 61.7 Å². The van der Waals surface area contributed by atoms with Crippen LogP contribution >= 0.6 is 0 Å². The third-order valence-electron chi connectivity index (χ3n) is 5.02. The van der Waals surface area contributed by atoms with Crippen LogP contribution in [-0.2, 0) is 0 Å². The van der Waals surface area contributed by atoms with Gasteiger partial charge in [0, 0.05) is 6.54 Å². The zero-order valence-corrected chi connectivity index (χ0v) is 14.1. The SMILES string of the molecule is Cc1ccccc1C(O)CN1CCCC(C(C)(C)C)CC1. The lowest BCUT2D eigenvalue weighted by Gasteiger charge is -2.30. The Bertz CT molecular complexity index is 449. The Morgan fingerprint density at radius 3 is 2.57 bits per heavy atom. The average molecular weight is 289 g/mol. The Balaban J connectivity index is 1.93. The van der Waals surface area contributed by atoms with Crippen LogP contribution in [0.1, 0.15) is 57.3 Å². The second-order valence-electron chi connectivity index (χ2n) is 7.67. The highest BCUT2D eigenvalue weighted by Gasteiger charge is 2.27. The summed E-state index contributed by atoms with van der Waals surface area (Å²) in [5.41, 5.74) is 2.67. The number of nitrogens with zero attached hydrogens (tertiary/aromatic N) is 1. The molecule has 1 saturated heterocycles. The van der Waals surface area contributed by atoms with Crippen molar-refractivity contribution in [3.05, 3.63) is 35.4 Å². The molecule has 1 aromatic rings. The van der Waals surface area contributed by atoms with Gasteiger partial charge in [-0.25, -0.2) is 0 Å². The van der Waals surface area contributed by atoms with Crippen LogP contribution < -0.4 is 0 Å². The molecule has 0 radical (unpaired) electrons. The van der Waals surface area contributed by atoms with E-state index in [0.29, 0.717) is 5.41 Å². The van der Waals surface area contributed by atoms with Crippen LogP contribution in [0.5, 0.6) is 0 Å². The van der Waals surface area contributed by atoms with Gasteiger partial charge in [-0.2, -0.15) is 0 Å². The predicted molar refractivity (Wildman–Crippen MR) is 89.4 cm³/mol. The van der Waals surface area contributed by atoms with Crippen molar-refractivity contribution in [3.63, 3.8) is 0 Å². The minimum absolute atomic E-state index is 0.364. The predicted octanol–water partition coefficient (Wildman–Crippen LogP) is 4.18. The number of aliphatic hydroxyl groups is 1. The first-order chi connectivity index (χ1) is 9.88. The lowest BCUT2D eigenvalue weighted by Crippen LogP contribution is -2.30. The fourth-order valence-corrected chi connectivity index (χ4v) is 3.51. The molecule has 0 bridgehead atoms. The summed E-state index contributed by atoms with van der Waals surface area (Å²) < 4.78 is 0. The monoisotopic (exact) mass is 289 g/mol. The van der Waals surface area contributed by atoms with Gasteiger partial charge < -0.3 is 10.0 Å². The molecule has 0 amide bonds. The third-order valence-corrected chi connectivity index (χ3v) is 5.02. The molecule has 1 aliphatic rings. The topological polar surface area (TPSA) is 23.5 Å². The number of hydrogen-bond acceptors (Lipinski definition) is 2. The van der Waals surface area contributed by atoms with Gasteiger partial charge in [0.25, 0.3) is 0 Å². The quantitative estimate of drug-likeness (QED) is 0.902. The molecule has 2 atom stereocenters. The summed E-state index contributed by atoms with van der Waals surface area (Å²) in [6, 6.07) is 8.18. The summed E-state index contributed by atoms with van der Waals surface area (Å²) in [6.45, 7) is 12.2. The smallest absolute Gasteiger partial charge is 0.0919 e. The van der Waals surface area contributed by atoms with Crippen molar-refractivity contribution in [2.75, 3.05) is 19.6 Å². The first-order valence-electron chi connectivity index (χ1n) is 8.34. The summed E-state index contributed by atoms with van der Waals surface area (Å²) in [5, 5.41) is 10.5. The molecule has 1 N–H and O–H groups in total. The van der Waals surface area contributed by atoms with Gasteiger partial charge in [-0.1, -0.05) is 45.0 Å². The molecule has 2 rings (SSSR count). The van der Waals surface area contributed by atoms with Crippen LogP contribution in [0.4, 0.5) is 0 Å². The minimum atomic E-state index is -0.364. The van der Waals surface area contributed by atoms with E-state index in [1.165, 1.54) is 24.8 Å². The third kappa shape index (κ3) is 4.55. The maximum atomic E-state index is 10.5. The highest BCUT2D eigenvalue weighted by atomic mass is 16.3. The van der Waals surface area contributed by atoms with E-state index in [4.69, 9.17) is 0 Å². The number of hydrogen-bond donors (Lipinski definition) is 1. The molecule has 2 nitrogen and oxygen atoms in total. The van der Waals surface area contributed by atoms with E-state index in [1.54, 1.807) is 0 Å². The lowest BCUT2D eigenvalue weighted by molar-refractivity contribution is 0.112. The normalized spacial score (nSPS) is 22.8. The Labute approximate surface area is 130 Å². The van der Waals surface area contributed by atoms with E-state index in [2.05, 4.69) is 44.7 Å². The Morgan fingerprint density at radius 2 is 1.90 bits per heavy atom. The van der Waals surface area contributed by atoms with Crippen LogP contribution in [0, 0.1) is 18.3 Å². The van der Waals surface area contributed by atoms with Crippen molar-refractivity contribution >= 4 is 0 Å². The molecule has 1 fully saturated rings. The van der Waals surface area contributed by atoms with Crippen molar-refractivity contribution in [2.45, 2.75) is 53.1 Å². The summed E-state index contributed by atoms with van der Waals surface area (Å²) in [6.07, 6.45) is 3.46. The standard InChI is InChI=1S/C19H31NO/c1-15-8-5-6-10-17(15)18(21)14-20-12-7-9-16(11-13-20)19(2,3)4/h5-6,8,10,16,18,21H,7,9,11-14H2,1-4H3.